The van der Waals surface area contributed by atoms with Crippen molar-refractivity contribution >= 4 is 17.4 Å². The number of hydrogen-bond acceptors (Lipinski definition) is 6. The molecule has 8 heteroatoms. The lowest BCUT2D eigenvalue weighted by Crippen LogP contribution is -2.19. The highest BCUT2D eigenvalue weighted by molar-refractivity contribution is 6.04. The first kappa shape index (κ1) is 25.8. The summed E-state index contributed by atoms with van der Waals surface area (Å²) in [6, 6.07) is 13.0. The molecule has 35 heavy (non-hydrogen) atoms. The summed E-state index contributed by atoms with van der Waals surface area (Å²) in [5.74, 6) is 7.08. The summed E-state index contributed by atoms with van der Waals surface area (Å²) < 4.78 is 17.9. The lowest BCUT2D eigenvalue weighted by Gasteiger charge is -2.15. The largest absolute Gasteiger partial charge is 0.488 e. The minimum absolute atomic E-state index is 0.187. The Bertz CT molecular complexity index is 1210. The van der Waals surface area contributed by atoms with Gasteiger partial charge in [0.15, 0.2) is 5.82 Å². The Morgan fingerprint density at radius 1 is 1.09 bits per heavy atom. The zero-order chi connectivity index (χ0) is 25.2. The summed E-state index contributed by atoms with van der Waals surface area (Å²) in [6.45, 7) is 5.70. The van der Waals surface area contributed by atoms with Crippen LogP contribution in [0.5, 0.6) is 5.75 Å². The predicted molar refractivity (Wildman–Crippen MR) is 137 cm³/mol. The molecule has 3 rings (SSSR count). The molecule has 1 atom stereocenters. The normalized spacial score (nSPS) is 11.3. The second kappa shape index (κ2) is 12.6. The van der Waals surface area contributed by atoms with E-state index in [1.807, 2.05) is 38.1 Å². The lowest BCUT2D eigenvalue weighted by molar-refractivity contribution is 0.0917. The van der Waals surface area contributed by atoms with Crippen LogP contribution in [0.1, 0.15) is 34.0 Å². The molecule has 0 saturated carbocycles. The van der Waals surface area contributed by atoms with Crippen LogP contribution in [-0.4, -0.2) is 55.8 Å². The van der Waals surface area contributed by atoms with Gasteiger partial charge in [0.05, 0.1) is 13.2 Å². The van der Waals surface area contributed by atoms with Crippen molar-refractivity contribution in [1.29, 1.82) is 0 Å². The molecule has 0 aliphatic rings. The van der Waals surface area contributed by atoms with Crippen molar-refractivity contribution in [2.75, 3.05) is 44.6 Å². The van der Waals surface area contributed by atoms with E-state index in [2.05, 4.69) is 27.6 Å². The van der Waals surface area contributed by atoms with Gasteiger partial charge in [0.25, 0.3) is 5.91 Å². The third-order valence-corrected chi connectivity index (χ3v) is 5.07. The van der Waals surface area contributed by atoms with Crippen LogP contribution in [0.3, 0.4) is 0 Å². The molecule has 0 aliphatic carbocycles. The topological polar surface area (TPSA) is 86.6 Å². The van der Waals surface area contributed by atoms with Crippen LogP contribution < -0.4 is 15.4 Å². The number of carbonyl (C=O) groups excluding carboxylic acids is 1. The maximum atomic E-state index is 12.9. The van der Waals surface area contributed by atoms with Gasteiger partial charge in [-0.15, -0.1) is 0 Å². The van der Waals surface area contributed by atoms with E-state index in [0.29, 0.717) is 42.5 Å². The molecule has 3 aromatic rings. The maximum absolute atomic E-state index is 12.9. The second-order valence-electron chi connectivity index (χ2n) is 8.16. The Labute approximate surface area is 206 Å². The van der Waals surface area contributed by atoms with Crippen molar-refractivity contribution in [3.63, 3.8) is 0 Å². The molecular weight excluding hydrogens is 444 g/mol. The zero-order valence-corrected chi connectivity index (χ0v) is 20.8. The summed E-state index contributed by atoms with van der Waals surface area (Å²) in [7, 11) is 5.08. The number of nitrogens with one attached hydrogen (secondary N) is 2. The number of methoxy groups -OCH3 is 2. The van der Waals surface area contributed by atoms with E-state index >= 15 is 0 Å². The van der Waals surface area contributed by atoms with Crippen molar-refractivity contribution in [3.05, 3.63) is 70.9 Å². The number of ether oxygens (including phenoxy) is 3. The van der Waals surface area contributed by atoms with Gasteiger partial charge in [0.2, 0.25) is 0 Å². The molecule has 0 radical (unpaired) electrons. The van der Waals surface area contributed by atoms with E-state index in [1.165, 1.54) is 0 Å². The Hall–Kier alpha value is -3.80. The molecule has 0 fully saturated rings. The Morgan fingerprint density at radius 2 is 1.89 bits per heavy atom. The number of amides is 1. The second-order valence-corrected chi connectivity index (χ2v) is 8.16. The highest BCUT2D eigenvalue weighted by Gasteiger charge is 2.13. The fourth-order valence-electron chi connectivity index (χ4n) is 3.36. The smallest absolute Gasteiger partial charge is 0.257 e. The predicted octanol–water partition coefficient (Wildman–Crippen LogP) is 3.85. The highest BCUT2D eigenvalue weighted by atomic mass is 16.5. The SMILES string of the molecule is COCCNc1cc(C#Cc2cc(O[C@@H](C)COC)cc(C(=O)Nc3ccn(C)n3)c2)ccc1C. The number of aryl methyl sites for hydroxylation is 2. The van der Waals surface area contributed by atoms with Crippen LogP contribution in [0.4, 0.5) is 11.5 Å². The number of rotatable bonds is 10. The van der Waals surface area contributed by atoms with Gasteiger partial charge in [-0.25, -0.2) is 0 Å². The molecule has 1 heterocycles. The van der Waals surface area contributed by atoms with Gasteiger partial charge >= 0.3 is 0 Å². The number of nitrogens with zero attached hydrogens (tertiary/aromatic N) is 2. The summed E-state index contributed by atoms with van der Waals surface area (Å²) in [4.78, 5) is 12.9. The number of carbonyl (C=O) groups is 1. The molecule has 0 unspecified atom stereocenters. The molecule has 0 spiro atoms. The minimum Gasteiger partial charge on any atom is -0.488 e. The van der Waals surface area contributed by atoms with Gasteiger partial charge in [-0.3, -0.25) is 9.48 Å². The molecule has 1 amide bonds. The number of hydrogen-bond donors (Lipinski definition) is 2. The standard InChI is InChI=1S/C27H32N4O4/c1-19-6-7-21(16-25(19)28-11-13-33-4)8-9-22-14-23(17-24(15-22)35-20(2)18-34-5)27(32)29-26-10-12-31(3)30-26/h6-7,10,12,14-17,20,28H,11,13,18H2,1-5H3,(H,29,30,32)/t20-/m0/s1. The molecule has 2 N–H and O–H groups in total. The van der Waals surface area contributed by atoms with Crippen molar-refractivity contribution in [1.82, 2.24) is 9.78 Å². The molecule has 8 nitrogen and oxygen atoms in total. The van der Waals surface area contributed by atoms with E-state index in [4.69, 9.17) is 14.2 Å². The Balaban J connectivity index is 1.88. The van der Waals surface area contributed by atoms with E-state index in [1.54, 1.807) is 50.3 Å². The molecule has 0 aliphatic heterocycles. The molecule has 0 bridgehead atoms. The summed E-state index contributed by atoms with van der Waals surface area (Å²) >= 11 is 0. The van der Waals surface area contributed by atoms with E-state index in [-0.39, 0.29) is 12.0 Å². The molecule has 184 valence electrons. The first-order valence-electron chi connectivity index (χ1n) is 11.3. The average Bonchev–Trinajstić information content (AvgIpc) is 3.23. The Morgan fingerprint density at radius 3 is 2.60 bits per heavy atom. The van der Waals surface area contributed by atoms with Crippen molar-refractivity contribution < 1.29 is 19.0 Å². The van der Waals surface area contributed by atoms with E-state index in [9.17, 15) is 4.79 Å². The fourth-order valence-corrected chi connectivity index (χ4v) is 3.36. The van der Waals surface area contributed by atoms with Gasteiger partial charge in [-0.2, -0.15) is 5.10 Å². The van der Waals surface area contributed by atoms with Crippen molar-refractivity contribution in [2.45, 2.75) is 20.0 Å². The molecule has 2 aromatic carbocycles. The third kappa shape index (κ3) is 7.88. The summed E-state index contributed by atoms with van der Waals surface area (Å²) in [5.41, 5.74) is 4.08. The van der Waals surface area contributed by atoms with Crippen LogP contribution in [0.15, 0.2) is 48.7 Å². The van der Waals surface area contributed by atoms with Crippen LogP contribution in [0.25, 0.3) is 0 Å². The van der Waals surface area contributed by atoms with Gasteiger partial charge in [0, 0.05) is 62.5 Å². The number of aromatic nitrogens is 2. The van der Waals surface area contributed by atoms with Crippen LogP contribution >= 0.6 is 0 Å². The highest BCUT2D eigenvalue weighted by Crippen LogP contribution is 2.21. The van der Waals surface area contributed by atoms with Gasteiger partial charge in [-0.1, -0.05) is 17.9 Å². The third-order valence-electron chi connectivity index (χ3n) is 5.07. The zero-order valence-electron chi connectivity index (χ0n) is 20.8. The first-order valence-corrected chi connectivity index (χ1v) is 11.3. The van der Waals surface area contributed by atoms with Gasteiger partial charge < -0.3 is 24.8 Å². The maximum Gasteiger partial charge on any atom is 0.257 e. The van der Waals surface area contributed by atoms with Crippen LogP contribution in [0.2, 0.25) is 0 Å². The molecular formula is C27H32N4O4. The summed E-state index contributed by atoms with van der Waals surface area (Å²) in [6.07, 6.45) is 1.58. The fraction of sp³-hybridized carbons (Fsp3) is 0.333. The number of benzene rings is 2. The van der Waals surface area contributed by atoms with Crippen LogP contribution in [0, 0.1) is 18.8 Å². The average molecular weight is 477 g/mol. The lowest BCUT2D eigenvalue weighted by atomic mass is 10.1. The molecule has 1 aromatic heterocycles. The van der Waals surface area contributed by atoms with Gasteiger partial charge in [-0.05, 0) is 49.7 Å². The van der Waals surface area contributed by atoms with Gasteiger partial charge in [0.1, 0.15) is 11.9 Å². The minimum atomic E-state index is -0.295. The number of anilines is 2. The Kier molecular flexibility index (Phi) is 9.30. The molecule has 0 saturated heterocycles. The monoisotopic (exact) mass is 476 g/mol. The van der Waals surface area contributed by atoms with E-state index < -0.39 is 0 Å². The quantitative estimate of drug-likeness (QED) is 0.341. The summed E-state index contributed by atoms with van der Waals surface area (Å²) in [5, 5.41) is 10.4. The van der Waals surface area contributed by atoms with Crippen molar-refractivity contribution in [2.24, 2.45) is 7.05 Å². The van der Waals surface area contributed by atoms with Crippen molar-refractivity contribution in [3.8, 4) is 17.6 Å². The van der Waals surface area contributed by atoms with E-state index in [0.717, 1.165) is 16.8 Å². The first-order chi connectivity index (χ1) is 16.9. The van der Waals surface area contributed by atoms with Crippen LogP contribution in [-0.2, 0) is 16.5 Å².